The Morgan fingerprint density at radius 3 is 2.71 bits per heavy atom. The van der Waals surface area contributed by atoms with Crippen molar-refractivity contribution >= 4 is 5.91 Å². The quantitative estimate of drug-likeness (QED) is 0.502. The first-order chi connectivity index (χ1) is 6.72. The molecule has 0 aromatic heterocycles. The van der Waals surface area contributed by atoms with Gasteiger partial charge in [0.2, 0.25) is 5.91 Å². The van der Waals surface area contributed by atoms with Crippen LogP contribution in [0.1, 0.15) is 25.7 Å². The van der Waals surface area contributed by atoms with E-state index in [2.05, 4.69) is 10.6 Å². The second-order valence-corrected chi connectivity index (χ2v) is 4.07. The van der Waals surface area contributed by atoms with Crippen LogP contribution in [0.25, 0.3) is 0 Å². The third-order valence-corrected chi connectivity index (χ3v) is 2.91. The van der Waals surface area contributed by atoms with E-state index in [1.807, 2.05) is 0 Å². The summed E-state index contributed by atoms with van der Waals surface area (Å²) in [6.07, 6.45) is 3.84. The average molecular weight is 200 g/mol. The summed E-state index contributed by atoms with van der Waals surface area (Å²) in [4.78, 5) is 10.9. The van der Waals surface area contributed by atoms with Crippen molar-refractivity contribution in [2.45, 2.75) is 25.7 Å². The van der Waals surface area contributed by atoms with Crippen molar-refractivity contribution < 1.29 is 9.90 Å². The molecule has 0 unspecified atom stereocenters. The molecule has 4 heteroatoms. The minimum Gasteiger partial charge on any atom is -0.396 e. The molecule has 3 N–H and O–H groups in total. The minimum atomic E-state index is 0.0736. The SMILES string of the molecule is CNC(=O)CCNCC1(CCO)CC1. The second kappa shape index (κ2) is 5.32. The van der Waals surface area contributed by atoms with Crippen molar-refractivity contribution in [1.82, 2.24) is 10.6 Å². The molecule has 0 aromatic carbocycles. The summed E-state index contributed by atoms with van der Waals surface area (Å²) in [5, 5.41) is 14.7. The normalized spacial score (nSPS) is 17.9. The number of nitrogens with one attached hydrogen (secondary N) is 2. The van der Waals surface area contributed by atoms with Crippen molar-refractivity contribution in [3.63, 3.8) is 0 Å². The lowest BCUT2D eigenvalue weighted by Crippen LogP contribution is -2.29. The van der Waals surface area contributed by atoms with E-state index in [9.17, 15) is 4.79 Å². The highest BCUT2D eigenvalue weighted by atomic mass is 16.3. The minimum absolute atomic E-state index is 0.0736. The molecule has 0 heterocycles. The van der Waals surface area contributed by atoms with Gasteiger partial charge in [0, 0.05) is 33.2 Å². The molecule has 0 atom stereocenters. The van der Waals surface area contributed by atoms with E-state index in [-0.39, 0.29) is 12.5 Å². The molecule has 0 aromatic rings. The van der Waals surface area contributed by atoms with Crippen molar-refractivity contribution in [2.75, 3.05) is 26.7 Å². The lowest BCUT2D eigenvalue weighted by Gasteiger charge is -2.13. The summed E-state index contributed by atoms with van der Waals surface area (Å²) < 4.78 is 0. The zero-order chi connectivity index (χ0) is 10.4. The molecule has 1 aliphatic rings. The number of amides is 1. The van der Waals surface area contributed by atoms with E-state index in [1.54, 1.807) is 7.05 Å². The van der Waals surface area contributed by atoms with E-state index in [4.69, 9.17) is 5.11 Å². The summed E-state index contributed by atoms with van der Waals surface area (Å²) in [6.45, 7) is 1.94. The first-order valence-electron chi connectivity index (χ1n) is 5.25. The Balaban J connectivity index is 2.01. The molecule has 1 saturated carbocycles. The van der Waals surface area contributed by atoms with Gasteiger partial charge in [0.25, 0.3) is 0 Å². The fourth-order valence-electron chi connectivity index (χ4n) is 1.61. The highest BCUT2D eigenvalue weighted by Crippen LogP contribution is 2.47. The van der Waals surface area contributed by atoms with E-state index < -0.39 is 0 Å². The molecule has 0 aliphatic heterocycles. The predicted molar refractivity (Wildman–Crippen MR) is 54.9 cm³/mol. The van der Waals surface area contributed by atoms with Crippen LogP contribution in [0.4, 0.5) is 0 Å². The molecule has 0 spiro atoms. The van der Waals surface area contributed by atoms with Gasteiger partial charge in [-0.2, -0.15) is 0 Å². The first-order valence-corrected chi connectivity index (χ1v) is 5.25. The summed E-state index contributed by atoms with van der Waals surface area (Å²) in [7, 11) is 1.65. The monoisotopic (exact) mass is 200 g/mol. The maximum atomic E-state index is 10.9. The molecule has 14 heavy (non-hydrogen) atoms. The first kappa shape index (κ1) is 11.5. The molecular formula is C10H20N2O2. The van der Waals surface area contributed by atoms with Crippen LogP contribution in [0.2, 0.25) is 0 Å². The van der Waals surface area contributed by atoms with Gasteiger partial charge in [0.15, 0.2) is 0 Å². The molecule has 0 bridgehead atoms. The molecule has 4 nitrogen and oxygen atoms in total. The highest BCUT2D eigenvalue weighted by Gasteiger charge is 2.41. The third-order valence-electron chi connectivity index (χ3n) is 2.91. The lowest BCUT2D eigenvalue weighted by atomic mass is 10.0. The number of carbonyl (C=O) groups excluding carboxylic acids is 1. The molecule has 1 amide bonds. The van der Waals surface area contributed by atoms with Gasteiger partial charge in [0.1, 0.15) is 0 Å². The Bertz CT molecular complexity index is 191. The van der Waals surface area contributed by atoms with Crippen LogP contribution in [-0.4, -0.2) is 37.8 Å². The Hall–Kier alpha value is -0.610. The molecular weight excluding hydrogens is 180 g/mol. The molecule has 82 valence electrons. The third kappa shape index (κ3) is 3.64. The molecule has 0 radical (unpaired) electrons. The van der Waals surface area contributed by atoms with E-state index in [0.717, 1.165) is 19.5 Å². The zero-order valence-electron chi connectivity index (χ0n) is 8.81. The van der Waals surface area contributed by atoms with Crippen LogP contribution in [0.3, 0.4) is 0 Å². The number of rotatable bonds is 7. The van der Waals surface area contributed by atoms with Crippen molar-refractivity contribution in [2.24, 2.45) is 5.41 Å². The van der Waals surface area contributed by atoms with Crippen LogP contribution in [-0.2, 0) is 4.79 Å². The predicted octanol–water partition coefficient (Wildman–Crippen LogP) is -0.125. The smallest absolute Gasteiger partial charge is 0.221 e. The van der Waals surface area contributed by atoms with Crippen molar-refractivity contribution in [3.05, 3.63) is 0 Å². The number of aliphatic hydroxyl groups excluding tert-OH is 1. The largest absolute Gasteiger partial charge is 0.396 e. The summed E-state index contributed by atoms with van der Waals surface area (Å²) >= 11 is 0. The molecule has 1 aliphatic carbocycles. The maximum Gasteiger partial charge on any atom is 0.221 e. The van der Waals surface area contributed by atoms with Crippen LogP contribution in [0.15, 0.2) is 0 Å². The Morgan fingerprint density at radius 1 is 1.50 bits per heavy atom. The summed E-state index contributed by atoms with van der Waals surface area (Å²) in [5.41, 5.74) is 0.345. The Labute approximate surface area is 85.1 Å². The van der Waals surface area contributed by atoms with E-state index >= 15 is 0 Å². The number of hydrogen-bond donors (Lipinski definition) is 3. The van der Waals surface area contributed by atoms with Gasteiger partial charge in [-0.15, -0.1) is 0 Å². The van der Waals surface area contributed by atoms with Crippen LogP contribution < -0.4 is 10.6 Å². The standard InChI is InChI=1S/C10H20N2O2/c1-11-9(14)2-6-12-8-10(3-4-10)5-7-13/h12-13H,2-8H2,1H3,(H,11,14). The summed E-state index contributed by atoms with van der Waals surface area (Å²) in [5.74, 6) is 0.0736. The summed E-state index contributed by atoms with van der Waals surface area (Å²) in [6, 6.07) is 0. The van der Waals surface area contributed by atoms with Gasteiger partial charge in [-0.1, -0.05) is 0 Å². The van der Waals surface area contributed by atoms with E-state index in [0.29, 0.717) is 11.8 Å². The number of carbonyl (C=O) groups is 1. The van der Waals surface area contributed by atoms with Gasteiger partial charge < -0.3 is 15.7 Å². The lowest BCUT2D eigenvalue weighted by molar-refractivity contribution is -0.120. The van der Waals surface area contributed by atoms with Gasteiger partial charge in [-0.3, -0.25) is 4.79 Å². The Morgan fingerprint density at radius 2 is 2.21 bits per heavy atom. The Kier molecular flexibility index (Phi) is 4.35. The average Bonchev–Trinajstić information content (AvgIpc) is 2.93. The highest BCUT2D eigenvalue weighted by molar-refractivity contribution is 5.75. The van der Waals surface area contributed by atoms with Crippen LogP contribution in [0.5, 0.6) is 0 Å². The van der Waals surface area contributed by atoms with Gasteiger partial charge in [-0.25, -0.2) is 0 Å². The number of hydrogen-bond acceptors (Lipinski definition) is 3. The molecule has 0 saturated heterocycles. The molecule has 1 fully saturated rings. The fourth-order valence-corrected chi connectivity index (χ4v) is 1.61. The molecule has 1 rings (SSSR count). The van der Waals surface area contributed by atoms with Crippen molar-refractivity contribution in [3.8, 4) is 0 Å². The topological polar surface area (TPSA) is 61.4 Å². The van der Waals surface area contributed by atoms with E-state index in [1.165, 1.54) is 12.8 Å². The fraction of sp³-hybridized carbons (Fsp3) is 0.900. The van der Waals surface area contributed by atoms with Gasteiger partial charge in [-0.05, 0) is 24.7 Å². The maximum absolute atomic E-state index is 10.9. The zero-order valence-corrected chi connectivity index (χ0v) is 8.81. The second-order valence-electron chi connectivity index (χ2n) is 4.07. The number of aliphatic hydroxyl groups is 1. The van der Waals surface area contributed by atoms with Crippen molar-refractivity contribution in [1.29, 1.82) is 0 Å². The van der Waals surface area contributed by atoms with Gasteiger partial charge >= 0.3 is 0 Å². The van der Waals surface area contributed by atoms with Crippen LogP contribution >= 0.6 is 0 Å². The van der Waals surface area contributed by atoms with Gasteiger partial charge in [0.05, 0.1) is 0 Å². The van der Waals surface area contributed by atoms with Crippen LogP contribution in [0, 0.1) is 5.41 Å².